The summed E-state index contributed by atoms with van der Waals surface area (Å²) in [6.07, 6.45) is 2.19. The number of nitrogens with zero attached hydrogens (tertiary/aromatic N) is 3. The van der Waals surface area contributed by atoms with Crippen LogP contribution in [0.1, 0.15) is 260 Å². The van der Waals surface area contributed by atoms with Gasteiger partial charge in [-0.3, -0.25) is 61.2 Å². The van der Waals surface area contributed by atoms with E-state index < -0.39 is 181 Å². The average Bonchev–Trinajstić information content (AvgIpc) is 0.827. The number of hydrogen-bond acceptors (Lipinski definition) is 31. The smallest absolute Gasteiger partial charge is 0.396 e. The lowest BCUT2D eigenvalue weighted by molar-refractivity contribution is -0.270. The highest BCUT2D eigenvalue weighted by Crippen LogP contribution is 2.52. The number of carbonyl (C=O) groups is 9. The van der Waals surface area contributed by atoms with E-state index in [-0.39, 0.29) is 152 Å². The number of likely N-dealkylation sites (tertiary alicyclic amines) is 3. The second-order valence-electron chi connectivity index (χ2n) is 36.7. The van der Waals surface area contributed by atoms with Gasteiger partial charge in [-0.2, -0.15) is 0 Å². The molecule has 0 aromatic heterocycles. The van der Waals surface area contributed by atoms with Crippen molar-refractivity contribution in [3.05, 3.63) is 0 Å². The minimum atomic E-state index is -4.96. The Hall–Kier alpha value is -4.59. The number of unbranched alkanes of at least 4 members (excludes halogenated alkanes) is 12. The van der Waals surface area contributed by atoms with Gasteiger partial charge in [-0.25, -0.2) is 9.13 Å². The highest BCUT2D eigenvalue weighted by Gasteiger charge is 2.50. The summed E-state index contributed by atoms with van der Waals surface area (Å²) >= 11 is 0. The van der Waals surface area contributed by atoms with Crippen LogP contribution in [0.5, 0.6) is 0 Å². The van der Waals surface area contributed by atoms with Crippen molar-refractivity contribution in [1.29, 1.82) is 0 Å². The minimum Gasteiger partial charge on any atom is -0.396 e. The van der Waals surface area contributed by atoms with Crippen LogP contribution in [0.3, 0.4) is 0 Å². The van der Waals surface area contributed by atoms with Crippen LogP contribution in [0.4, 0.5) is 0 Å². The lowest BCUT2D eigenvalue weighted by Crippen LogP contribution is -2.64. The fraction of sp³-hybridized carbons (Fsp3) is 0.895. The summed E-state index contributed by atoms with van der Waals surface area (Å²) in [6.45, 7) is 9.43. The largest absolute Gasteiger partial charge is 0.472 e. The number of ketones is 3. The van der Waals surface area contributed by atoms with E-state index in [0.29, 0.717) is 161 Å². The zero-order valence-electron chi connectivity index (χ0n) is 75.9. The molecule has 6 heterocycles. The van der Waals surface area contributed by atoms with Crippen molar-refractivity contribution < 1.29 is 159 Å². The molecule has 0 aromatic rings. The van der Waals surface area contributed by atoms with Crippen molar-refractivity contribution in [1.82, 2.24) is 30.7 Å². The zero-order chi connectivity index (χ0) is 93.6. The van der Waals surface area contributed by atoms with Crippen LogP contribution >= 0.6 is 15.6 Å². The molecule has 41 heteroatoms. The Kier molecular flexibility index (Phi) is 48.9. The number of phosphoric ester groups is 2. The number of phosphoric acid groups is 2. The summed E-state index contributed by atoms with van der Waals surface area (Å²) in [5.41, 5.74) is -3.73. The number of rotatable bonds is 60. The molecule has 6 aliphatic heterocycles. The molecule has 17 atom stereocenters. The van der Waals surface area contributed by atoms with Crippen molar-refractivity contribution in [2.75, 3.05) is 119 Å². The number of nitrogens with one attached hydrogen (secondary N) is 3. The van der Waals surface area contributed by atoms with Gasteiger partial charge in [-0.1, -0.05) is 45.4 Å². The van der Waals surface area contributed by atoms with Gasteiger partial charge in [0.25, 0.3) is 0 Å². The number of hydrogen-bond donors (Lipinski definition) is 14. The van der Waals surface area contributed by atoms with E-state index in [1.54, 1.807) is 21.6 Å². The van der Waals surface area contributed by atoms with Gasteiger partial charge in [0.15, 0.2) is 18.9 Å². The highest BCUT2D eigenvalue weighted by atomic mass is 31.2. The van der Waals surface area contributed by atoms with E-state index in [4.69, 9.17) is 51.3 Å². The van der Waals surface area contributed by atoms with Crippen LogP contribution in [0.2, 0.25) is 0 Å². The van der Waals surface area contributed by atoms with Gasteiger partial charge in [0.05, 0.1) is 77.3 Å². The molecule has 6 rings (SSSR count). The van der Waals surface area contributed by atoms with Gasteiger partial charge in [0.2, 0.25) is 35.4 Å². The Labute approximate surface area is 747 Å². The van der Waals surface area contributed by atoms with Gasteiger partial charge >= 0.3 is 15.6 Å². The Balaban J connectivity index is 0.944. The Morgan fingerprint density at radius 3 is 0.913 bits per heavy atom. The first-order valence-corrected chi connectivity index (χ1v) is 48.9. The quantitative estimate of drug-likeness (QED) is 0.0298. The molecule has 0 radical (unpaired) electrons. The normalized spacial score (nSPS) is 27.1. The van der Waals surface area contributed by atoms with E-state index in [1.807, 2.05) is 20.8 Å². The number of piperidine rings is 3. The topological polar surface area (TPSA) is 558 Å². The predicted molar refractivity (Wildman–Crippen MR) is 458 cm³/mol. The lowest BCUT2D eigenvalue weighted by atomic mass is 9.79. The molecule has 734 valence electrons. The van der Waals surface area contributed by atoms with E-state index in [1.165, 1.54) is 20.8 Å². The number of carbonyl (C=O) groups excluding carboxylic acids is 9. The standard InChI is InChI=1S/C86H152N6O33P2/c1-59-66(50-93)123-80(72(75(59)106)87-60(2)97)115-47-23-20-29-63(100)26-16-10-13-19-34-71(105)92-45-39-86(40-46-92,57-121-126(111,112)119-55-84(53-96)35-41-90(42-36-84)69(103)32-17-11-8-14-27-64(101)30-21-24-48-116-81-73(88-61(3)98)78(109)76(107)67(51-94)124-81)58-122-127(113,114)120-56-85(54-118-83(5,6)7)37-43-91(44-38-85)70(104)33-18-12-9-15-28-65(102)31-22-25-49-117-82-74(89-62(4)99)79(110)77(108)68(52-95)125-82/h59,66-68,72-82,93-96,106-110H,8-58H2,1-7H3,(H,87,97)(H,88,98)(H,89,99)(H,111,112)(H,113,114)/t59-,66+,67+,68+,72+,73+,74+,75-,76-,77-,78+,79+,80+,81+,82+/m0/s1. The Bertz CT molecular complexity index is 3430. The number of aliphatic hydroxyl groups is 9. The third-order valence-electron chi connectivity index (χ3n) is 25.1. The van der Waals surface area contributed by atoms with Crippen molar-refractivity contribution >= 4 is 68.4 Å². The van der Waals surface area contributed by atoms with E-state index in [0.717, 1.165) is 19.3 Å². The molecular weight excluding hydrogens is 1710 g/mol. The number of ether oxygens (including phenoxy) is 7. The predicted octanol–water partition coefficient (Wildman–Crippen LogP) is 4.28. The number of Topliss-reactive ketones (excluding diaryl/α,β-unsaturated/α-hetero) is 3. The first-order valence-electron chi connectivity index (χ1n) is 45.9. The van der Waals surface area contributed by atoms with E-state index >= 15 is 0 Å². The monoisotopic (exact) mass is 1860 g/mol. The summed E-state index contributed by atoms with van der Waals surface area (Å²) in [4.78, 5) is 142. The van der Waals surface area contributed by atoms with Crippen molar-refractivity contribution in [3.63, 3.8) is 0 Å². The molecule has 2 unspecified atom stereocenters. The van der Waals surface area contributed by atoms with Crippen LogP contribution in [0.25, 0.3) is 0 Å². The second-order valence-corrected chi connectivity index (χ2v) is 39.6. The highest BCUT2D eigenvalue weighted by molar-refractivity contribution is 7.47. The number of aliphatic hydroxyl groups excluding tert-OH is 9. The van der Waals surface area contributed by atoms with Crippen molar-refractivity contribution in [2.45, 2.75) is 352 Å². The van der Waals surface area contributed by atoms with Crippen LogP contribution < -0.4 is 16.0 Å². The molecule has 14 N–H and O–H groups in total. The van der Waals surface area contributed by atoms with Crippen LogP contribution in [0.15, 0.2) is 0 Å². The minimum absolute atomic E-state index is 0.0560. The van der Waals surface area contributed by atoms with Gasteiger partial charge in [-0.05, 0) is 136 Å². The van der Waals surface area contributed by atoms with Crippen LogP contribution in [0, 0.1) is 22.2 Å². The third kappa shape index (κ3) is 39.1. The summed E-state index contributed by atoms with van der Waals surface area (Å²) in [7, 11) is -9.91. The zero-order valence-corrected chi connectivity index (χ0v) is 77.6. The molecule has 6 fully saturated rings. The van der Waals surface area contributed by atoms with E-state index in [9.17, 15) is 108 Å². The molecular formula is C86H152N6O33P2. The molecule has 39 nitrogen and oxygen atoms in total. The van der Waals surface area contributed by atoms with Gasteiger partial charge in [-0.15, -0.1) is 0 Å². The molecule has 0 bridgehead atoms. The molecule has 6 saturated heterocycles. The second kappa shape index (κ2) is 55.9. The molecule has 127 heavy (non-hydrogen) atoms. The van der Waals surface area contributed by atoms with Gasteiger partial charge in [0, 0.05) is 160 Å². The molecule has 0 aromatic carbocycles. The maximum Gasteiger partial charge on any atom is 0.472 e. The molecule has 0 spiro atoms. The van der Waals surface area contributed by atoms with Crippen LogP contribution in [-0.2, 0) is 104 Å². The van der Waals surface area contributed by atoms with Crippen molar-refractivity contribution in [2.24, 2.45) is 22.2 Å². The summed E-state index contributed by atoms with van der Waals surface area (Å²) < 4.78 is 91.8. The van der Waals surface area contributed by atoms with E-state index in [2.05, 4.69) is 16.0 Å². The Morgan fingerprint density at radius 1 is 0.370 bits per heavy atom. The fourth-order valence-electron chi connectivity index (χ4n) is 16.6. The van der Waals surface area contributed by atoms with Gasteiger partial charge < -0.3 is 120 Å². The Morgan fingerprint density at radius 2 is 0.630 bits per heavy atom. The fourth-order valence-corrected chi connectivity index (χ4v) is 18.5. The van der Waals surface area contributed by atoms with Crippen molar-refractivity contribution in [3.8, 4) is 0 Å². The maximum atomic E-state index is 14.2. The third-order valence-corrected chi connectivity index (χ3v) is 27.0. The first kappa shape index (κ1) is 111. The SMILES string of the molecule is CC(=O)N[C@H]1[C@H](OCCCCC(=O)CCCCCCC(=O)N2CCC(COP(=O)(O)OCC3(CO)CCN(C(=O)CCCCCCC(=O)CCCCO[C@@H]4O[C@H](CO)[C@H](O)[C@H](O)[C@H]4NC(C)=O)CC3)(COP(=O)(O)OCC3(COC(C)(C)C)CCN(C(=O)CCCCCCC(=O)CCCCO[C@@H]4O[C@H](CO)[C@H](O)[C@H](O)[C@H]4NC(C)=O)CC3)CC2)O[C@H](CO)[C@H](C)[C@@H]1O. The summed E-state index contributed by atoms with van der Waals surface area (Å²) in [6, 6.07) is -2.95. The lowest BCUT2D eigenvalue weighted by Gasteiger charge is -2.43. The molecule has 0 saturated carbocycles. The molecule has 6 aliphatic rings. The summed E-state index contributed by atoms with van der Waals surface area (Å²) in [5.74, 6) is -1.84. The average molecular weight is 1860 g/mol. The first-order chi connectivity index (χ1) is 60.2. The van der Waals surface area contributed by atoms with Gasteiger partial charge in [0.1, 0.15) is 72.1 Å². The number of amides is 6. The summed E-state index contributed by atoms with van der Waals surface area (Å²) in [5, 5.41) is 99.7. The molecule has 6 amide bonds. The van der Waals surface area contributed by atoms with Crippen LogP contribution in [-0.4, -0.2) is 333 Å². The maximum absolute atomic E-state index is 14.2. The molecule has 0 aliphatic carbocycles.